The highest BCUT2D eigenvalue weighted by atomic mass is 28.4. The van der Waals surface area contributed by atoms with Crippen LogP contribution in [0.25, 0.3) is 0 Å². The second-order valence-corrected chi connectivity index (χ2v) is 14.7. The molecule has 0 rings (SSSR count). The third kappa shape index (κ3) is 5.65. The van der Waals surface area contributed by atoms with Gasteiger partial charge in [-0.2, -0.15) is 0 Å². The van der Waals surface area contributed by atoms with Crippen LogP contribution in [-0.2, 0) is 4.12 Å². The summed E-state index contributed by atoms with van der Waals surface area (Å²) < 4.78 is 6.23. The van der Waals surface area contributed by atoms with Crippen molar-refractivity contribution in [2.45, 2.75) is 77.2 Å². The van der Waals surface area contributed by atoms with Gasteiger partial charge < -0.3 is 14.3 Å². The van der Waals surface area contributed by atoms with Gasteiger partial charge in [0.25, 0.3) is 0 Å². The molecular weight excluding hydrogens is 248 g/mol. The first-order valence-corrected chi connectivity index (χ1v) is 12.7. The van der Waals surface area contributed by atoms with E-state index < -0.39 is 28.1 Å². The summed E-state index contributed by atoms with van der Waals surface area (Å²) in [5.74, 6) is 0. The first kappa shape index (κ1) is 17.3. The summed E-state index contributed by atoms with van der Waals surface area (Å²) in [7, 11) is -4.20. The van der Waals surface area contributed by atoms with Gasteiger partial charge in [0.2, 0.25) is 8.32 Å². The summed E-state index contributed by atoms with van der Waals surface area (Å²) in [6.45, 7) is 12.5. The Morgan fingerprint density at radius 2 is 1.24 bits per heavy atom. The molecule has 0 heterocycles. The van der Waals surface area contributed by atoms with E-state index in [1.807, 2.05) is 6.55 Å². The summed E-state index contributed by atoms with van der Waals surface area (Å²) in [6.07, 6.45) is 3.32. The Hall–Kier alpha value is 0.314. The summed E-state index contributed by atoms with van der Waals surface area (Å²) >= 11 is 0. The van der Waals surface area contributed by atoms with E-state index in [0.29, 0.717) is 0 Å². The maximum Gasteiger partial charge on any atom is 0.234 e. The predicted molar refractivity (Wildman–Crippen MR) is 77.9 cm³/mol. The SMILES string of the molecule is CCCC(O)[Si](C)(O[Si](C)(C)C)C(O)CCC. The normalized spacial score (nSPS) is 19.8. The van der Waals surface area contributed by atoms with Crippen LogP contribution in [-0.4, -0.2) is 38.3 Å². The Labute approximate surface area is 108 Å². The molecule has 0 aliphatic carbocycles. The van der Waals surface area contributed by atoms with Crippen LogP contribution < -0.4 is 0 Å². The minimum atomic E-state index is -2.46. The average molecular weight is 279 g/mol. The van der Waals surface area contributed by atoms with Crippen LogP contribution >= 0.6 is 0 Å². The molecule has 0 spiro atoms. The van der Waals surface area contributed by atoms with Crippen molar-refractivity contribution in [2.24, 2.45) is 0 Å². The second kappa shape index (κ2) is 7.04. The number of aliphatic hydroxyl groups is 2. The Morgan fingerprint density at radius 1 is 0.882 bits per heavy atom. The van der Waals surface area contributed by atoms with Gasteiger partial charge in [0.05, 0.1) is 11.5 Å². The maximum absolute atomic E-state index is 10.3. The molecule has 104 valence electrons. The van der Waals surface area contributed by atoms with Crippen LogP contribution in [0.15, 0.2) is 0 Å². The highest BCUT2D eigenvalue weighted by Gasteiger charge is 2.46. The van der Waals surface area contributed by atoms with Crippen LogP contribution in [0.5, 0.6) is 0 Å². The number of aliphatic hydroxyl groups excluding tert-OH is 2. The minimum absolute atomic E-state index is 0.458. The summed E-state index contributed by atoms with van der Waals surface area (Å²) in [5.41, 5.74) is -0.915. The largest absolute Gasteiger partial charge is 0.453 e. The molecule has 0 aromatic rings. The summed E-state index contributed by atoms with van der Waals surface area (Å²) in [5, 5.41) is 20.7. The molecule has 0 radical (unpaired) electrons. The Balaban J connectivity index is 4.91. The molecule has 0 aromatic carbocycles. The summed E-state index contributed by atoms with van der Waals surface area (Å²) in [6, 6.07) is 0. The van der Waals surface area contributed by atoms with Crippen molar-refractivity contribution in [3.05, 3.63) is 0 Å². The maximum atomic E-state index is 10.3. The average Bonchev–Trinajstić information content (AvgIpc) is 2.15. The molecule has 3 nitrogen and oxygen atoms in total. The molecule has 17 heavy (non-hydrogen) atoms. The van der Waals surface area contributed by atoms with Gasteiger partial charge in [0.15, 0.2) is 8.32 Å². The van der Waals surface area contributed by atoms with Crippen LogP contribution in [0.1, 0.15) is 39.5 Å². The van der Waals surface area contributed by atoms with Crippen molar-refractivity contribution in [2.75, 3.05) is 0 Å². The van der Waals surface area contributed by atoms with Crippen molar-refractivity contribution in [3.8, 4) is 0 Å². The van der Waals surface area contributed by atoms with Gasteiger partial charge in [0, 0.05) is 0 Å². The number of rotatable bonds is 8. The fourth-order valence-electron chi connectivity index (χ4n) is 2.14. The van der Waals surface area contributed by atoms with Gasteiger partial charge >= 0.3 is 0 Å². The fraction of sp³-hybridized carbons (Fsp3) is 1.00. The molecule has 2 N–H and O–H groups in total. The molecular formula is C12H30O3Si2. The van der Waals surface area contributed by atoms with Gasteiger partial charge in [-0.05, 0) is 39.0 Å². The van der Waals surface area contributed by atoms with Gasteiger partial charge in [0.1, 0.15) is 0 Å². The zero-order valence-corrected chi connectivity index (χ0v) is 14.3. The second-order valence-electron chi connectivity index (χ2n) is 6.01. The minimum Gasteiger partial charge on any atom is -0.453 e. The quantitative estimate of drug-likeness (QED) is 0.671. The van der Waals surface area contributed by atoms with E-state index in [1.54, 1.807) is 0 Å². The van der Waals surface area contributed by atoms with E-state index in [1.165, 1.54) is 0 Å². The van der Waals surface area contributed by atoms with E-state index in [9.17, 15) is 10.2 Å². The molecule has 2 unspecified atom stereocenters. The third-order valence-corrected chi connectivity index (χ3v) is 10.4. The highest BCUT2D eigenvalue weighted by molar-refractivity contribution is 6.86. The molecule has 0 aromatic heterocycles. The zero-order chi connectivity index (χ0) is 13.7. The van der Waals surface area contributed by atoms with Gasteiger partial charge in [-0.15, -0.1) is 0 Å². The molecule has 5 heteroatoms. The van der Waals surface area contributed by atoms with E-state index in [0.717, 1.165) is 25.7 Å². The van der Waals surface area contributed by atoms with Gasteiger partial charge in [-0.25, -0.2) is 0 Å². The van der Waals surface area contributed by atoms with E-state index in [4.69, 9.17) is 4.12 Å². The van der Waals surface area contributed by atoms with Crippen molar-refractivity contribution in [1.82, 2.24) is 0 Å². The molecule has 0 fully saturated rings. The molecule has 2 atom stereocenters. The smallest absolute Gasteiger partial charge is 0.234 e. The Kier molecular flexibility index (Phi) is 7.17. The van der Waals surface area contributed by atoms with Gasteiger partial charge in [-0.3, -0.25) is 0 Å². The lowest BCUT2D eigenvalue weighted by atomic mass is 10.3. The van der Waals surface area contributed by atoms with Crippen LogP contribution in [0.3, 0.4) is 0 Å². The number of hydrogen-bond acceptors (Lipinski definition) is 3. The van der Waals surface area contributed by atoms with Crippen molar-refractivity contribution in [3.63, 3.8) is 0 Å². The fourth-order valence-corrected chi connectivity index (χ4v) is 10.7. The van der Waals surface area contributed by atoms with Crippen LogP contribution in [0.4, 0.5) is 0 Å². The third-order valence-electron chi connectivity index (χ3n) is 2.97. The molecule has 0 aliphatic rings. The Morgan fingerprint density at radius 3 is 1.47 bits per heavy atom. The van der Waals surface area contributed by atoms with Gasteiger partial charge in [-0.1, -0.05) is 26.7 Å². The van der Waals surface area contributed by atoms with Crippen molar-refractivity contribution >= 4 is 16.6 Å². The molecule has 0 saturated heterocycles. The van der Waals surface area contributed by atoms with Crippen LogP contribution in [0.2, 0.25) is 26.2 Å². The monoisotopic (exact) mass is 278 g/mol. The lowest BCUT2D eigenvalue weighted by Crippen LogP contribution is -2.61. The first-order chi connectivity index (χ1) is 7.67. The first-order valence-electron chi connectivity index (χ1n) is 6.73. The van der Waals surface area contributed by atoms with E-state index in [-0.39, 0.29) is 0 Å². The van der Waals surface area contributed by atoms with Crippen molar-refractivity contribution < 1.29 is 14.3 Å². The zero-order valence-electron chi connectivity index (χ0n) is 12.3. The standard InChI is InChI=1S/C12H30O3Si2/c1-7-9-11(13)17(6,12(14)10-8-2)15-16(3,4)5/h11-14H,7-10H2,1-6H3. The van der Waals surface area contributed by atoms with Crippen LogP contribution in [0, 0.1) is 0 Å². The lowest BCUT2D eigenvalue weighted by Gasteiger charge is -2.41. The van der Waals surface area contributed by atoms with E-state index >= 15 is 0 Å². The Bertz CT molecular complexity index is 204. The molecule has 0 aliphatic heterocycles. The highest BCUT2D eigenvalue weighted by Crippen LogP contribution is 2.26. The predicted octanol–water partition coefficient (Wildman–Crippen LogP) is 2.81. The number of hydrogen-bond donors (Lipinski definition) is 2. The molecule has 0 bridgehead atoms. The lowest BCUT2D eigenvalue weighted by molar-refractivity contribution is 0.157. The van der Waals surface area contributed by atoms with Crippen molar-refractivity contribution in [1.29, 1.82) is 0 Å². The molecule has 0 amide bonds. The summed E-state index contributed by atoms with van der Waals surface area (Å²) in [4.78, 5) is 0. The van der Waals surface area contributed by atoms with E-state index in [2.05, 4.69) is 33.5 Å². The topological polar surface area (TPSA) is 49.7 Å². The molecule has 0 saturated carbocycles.